The molecular formula is C11H14FN3O4S. The Morgan fingerprint density at radius 3 is 2.85 bits per heavy atom. The molecule has 1 aromatic carbocycles. The molecule has 0 amide bonds. The first kappa shape index (κ1) is 14.8. The molecule has 9 heteroatoms. The molecule has 2 N–H and O–H groups in total. The Hall–Kier alpha value is -1.58. The molecule has 1 aromatic rings. The third kappa shape index (κ3) is 3.11. The van der Waals surface area contributed by atoms with Gasteiger partial charge in [-0.05, 0) is 31.5 Å². The summed E-state index contributed by atoms with van der Waals surface area (Å²) >= 11 is 0. The number of nitro groups is 1. The van der Waals surface area contributed by atoms with E-state index in [9.17, 15) is 22.9 Å². The second-order valence-corrected chi connectivity index (χ2v) is 6.26. The number of nitrogens with zero attached hydrogens (tertiary/aromatic N) is 1. The molecule has 0 aromatic heterocycles. The number of nitrogens with one attached hydrogen (secondary N) is 2. The van der Waals surface area contributed by atoms with Gasteiger partial charge in [0.05, 0.1) is 4.92 Å². The zero-order valence-electron chi connectivity index (χ0n) is 10.5. The minimum absolute atomic E-state index is 0.107. The summed E-state index contributed by atoms with van der Waals surface area (Å²) < 4.78 is 40.0. The van der Waals surface area contributed by atoms with Crippen LogP contribution in [0.2, 0.25) is 0 Å². The van der Waals surface area contributed by atoms with Crippen LogP contribution < -0.4 is 10.0 Å². The van der Waals surface area contributed by atoms with E-state index in [0.717, 1.165) is 31.2 Å². The van der Waals surface area contributed by atoms with E-state index in [1.807, 2.05) is 0 Å². The van der Waals surface area contributed by atoms with Crippen molar-refractivity contribution in [2.45, 2.75) is 11.3 Å². The van der Waals surface area contributed by atoms with Crippen LogP contribution in [-0.2, 0) is 10.0 Å². The molecular weight excluding hydrogens is 289 g/mol. The summed E-state index contributed by atoms with van der Waals surface area (Å²) in [4.78, 5) is 9.00. The van der Waals surface area contributed by atoms with Crippen molar-refractivity contribution in [2.24, 2.45) is 5.92 Å². The number of benzene rings is 1. The monoisotopic (exact) mass is 303 g/mol. The SMILES string of the molecule is O=[N+]([O-])c1cccc(F)c1S(=O)(=O)NCC1CCNC1. The predicted octanol–water partition coefficient (Wildman–Crippen LogP) is 0.622. The van der Waals surface area contributed by atoms with E-state index in [2.05, 4.69) is 10.0 Å². The number of nitro benzene ring substituents is 1. The van der Waals surface area contributed by atoms with Crippen molar-refractivity contribution in [3.63, 3.8) is 0 Å². The maximum atomic E-state index is 13.7. The average Bonchev–Trinajstić information content (AvgIpc) is 2.89. The van der Waals surface area contributed by atoms with Crippen molar-refractivity contribution in [3.05, 3.63) is 34.1 Å². The second-order valence-electron chi connectivity index (χ2n) is 4.56. The van der Waals surface area contributed by atoms with E-state index in [1.54, 1.807) is 0 Å². The second kappa shape index (κ2) is 5.81. The topological polar surface area (TPSA) is 101 Å². The first-order chi connectivity index (χ1) is 9.42. The van der Waals surface area contributed by atoms with Gasteiger partial charge in [-0.3, -0.25) is 10.1 Å². The molecule has 0 aliphatic carbocycles. The Bertz CT molecular complexity index is 614. The highest BCUT2D eigenvalue weighted by Gasteiger charge is 2.30. The summed E-state index contributed by atoms with van der Waals surface area (Å²) in [5.74, 6) is -1.02. The molecule has 1 atom stereocenters. The maximum Gasteiger partial charge on any atom is 0.292 e. The van der Waals surface area contributed by atoms with Gasteiger partial charge in [0.15, 0.2) is 4.90 Å². The third-order valence-electron chi connectivity index (χ3n) is 3.14. The molecule has 1 saturated heterocycles. The minimum Gasteiger partial charge on any atom is -0.316 e. The summed E-state index contributed by atoms with van der Waals surface area (Å²) in [5, 5.41) is 13.9. The molecule has 1 heterocycles. The van der Waals surface area contributed by atoms with Gasteiger partial charge in [0.25, 0.3) is 5.69 Å². The summed E-state index contributed by atoms with van der Waals surface area (Å²) in [7, 11) is -4.25. The molecule has 1 fully saturated rings. The quantitative estimate of drug-likeness (QED) is 0.613. The smallest absolute Gasteiger partial charge is 0.292 e. The largest absolute Gasteiger partial charge is 0.316 e. The van der Waals surface area contributed by atoms with Crippen LogP contribution in [0.4, 0.5) is 10.1 Å². The van der Waals surface area contributed by atoms with Crippen LogP contribution in [0, 0.1) is 21.8 Å². The van der Waals surface area contributed by atoms with Crippen molar-refractivity contribution in [2.75, 3.05) is 19.6 Å². The van der Waals surface area contributed by atoms with Gasteiger partial charge in [0.1, 0.15) is 5.82 Å². The highest BCUT2D eigenvalue weighted by atomic mass is 32.2. The van der Waals surface area contributed by atoms with Gasteiger partial charge in [-0.2, -0.15) is 0 Å². The highest BCUT2D eigenvalue weighted by molar-refractivity contribution is 7.89. The van der Waals surface area contributed by atoms with Crippen LogP contribution in [0.15, 0.2) is 23.1 Å². The lowest BCUT2D eigenvalue weighted by molar-refractivity contribution is -0.388. The van der Waals surface area contributed by atoms with Gasteiger partial charge in [-0.1, -0.05) is 6.07 Å². The molecule has 20 heavy (non-hydrogen) atoms. The number of hydrogen-bond donors (Lipinski definition) is 2. The summed E-state index contributed by atoms with van der Waals surface area (Å²) in [5.41, 5.74) is -0.762. The third-order valence-corrected chi connectivity index (χ3v) is 4.62. The normalized spacial score (nSPS) is 19.1. The number of rotatable bonds is 5. The van der Waals surface area contributed by atoms with E-state index in [0.29, 0.717) is 6.54 Å². The van der Waals surface area contributed by atoms with E-state index < -0.39 is 31.3 Å². The first-order valence-corrected chi connectivity index (χ1v) is 7.53. The van der Waals surface area contributed by atoms with Crippen molar-refractivity contribution in [1.29, 1.82) is 0 Å². The van der Waals surface area contributed by atoms with Gasteiger partial charge in [-0.15, -0.1) is 0 Å². The van der Waals surface area contributed by atoms with E-state index in [-0.39, 0.29) is 12.5 Å². The standard InChI is InChI=1S/C11H14FN3O4S/c12-9-2-1-3-10(15(16)17)11(9)20(18,19)14-7-8-4-5-13-6-8/h1-3,8,13-14H,4-7H2. The van der Waals surface area contributed by atoms with Crippen molar-refractivity contribution < 1.29 is 17.7 Å². The fraction of sp³-hybridized carbons (Fsp3) is 0.455. The van der Waals surface area contributed by atoms with Gasteiger partial charge < -0.3 is 5.32 Å². The summed E-state index contributed by atoms with van der Waals surface area (Å²) in [6, 6.07) is 2.96. The zero-order chi connectivity index (χ0) is 14.8. The molecule has 0 radical (unpaired) electrons. The lowest BCUT2D eigenvalue weighted by Gasteiger charge is -2.11. The Kier molecular flexibility index (Phi) is 4.31. The van der Waals surface area contributed by atoms with Gasteiger partial charge in [0, 0.05) is 12.6 Å². The lowest BCUT2D eigenvalue weighted by atomic mass is 10.1. The fourth-order valence-corrected chi connectivity index (χ4v) is 3.44. The van der Waals surface area contributed by atoms with Crippen molar-refractivity contribution in [3.8, 4) is 0 Å². The number of halogens is 1. The molecule has 1 unspecified atom stereocenters. The Balaban J connectivity index is 2.26. The molecule has 1 aliphatic heterocycles. The van der Waals surface area contributed by atoms with Crippen LogP contribution in [-0.4, -0.2) is 33.0 Å². The zero-order valence-corrected chi connectivity index (χ0v) is 11.3. The van der Waals surface area contributed by atoms with Gasteiger partial charge >= 0.3 is 0 Å². The molecule has 110 valence electrons. The Morgan fingerprint density at radius 1 is 1.50 bits per heavy atom. The number of sulfonamides is 1. The first-order valence-electron chi connectivity index (χ1n) is 6.05. The molecule has 1 aliphatic rings. The molecule has 2 rings (SSSR count). The van der Waals surface area contributed by atoms with E-state index in [4.69, 9.17) is 0 Å². The van der Waals surface area contributed by atoms with Gasteiger partial charge in [0.2, 0.25) is 10.0 Å². The van der Waals surface area contributed by atoms with Crippen LogP contribution in [0.25, 0.3) is 0 Å². The minimum atomic E-state index is -4.25. The highest BCUT2D eigenvalue weighted by Crippen LogP contribution is 2.26. The Labute approximate surface area is 115 Å². The molecule has 0 saturated carbocycles. The number of hydrogen-bond acceptors (Lipinski definition) is 5. The van der Waals surface area contributed by atoms with Crippen molar-refractivity contribution in [1.82, 2.24) is 10.0 Å². The fourth-order valence-electron chi connectivity index (χ4n) is 2.10. The molecule has 7 nitrogen and oxygen atoms in total. The summed E-state index contributed by atoms with van der Waals surface area (Å²) in [6.45, 7) is 1.59. The molecule has 0 bridgehead atoms. The van der Waals surface area contributed by atoms with E-state index >= 15 is 0 Å². The van der Waals surface area contributed by atoms with Crippen LogP contribution in [0.1, 0.15) is 6.42 Å². The summed E-state index contributed by atoms with van der Waals surface area (Å²) in [6.07, 6.45) is 0.807. The van der Waals surface area contributed by atoms with Crippen LogP contribution in [0.5, 0.6) is 0 Å². The average molecular weight is 303 g/mol. The van der Waals surface area contributed by atoms with Crippen LogP contribution in [0.3, 0.4) is 0 Å². The van der Waals surface area contributed by atoms with E-state index in [1.165, 1.54) is 0 Å². The lowest BCUT2D eigenvalue weighted by Crippen LogP contribution is -2.31. The molecule has 0 spiro atoms. The predicted molar refractivity (Wildman–Crippen MR) is 69.2 cm³/mol. The van der Waals surface area contributed by atoms with Crippen LogP contribution >= 0.6 is 0 Å². The van der Waals surface area contributed by atoms with Crippen molar-refractivity contribution >= 4 is 15.7 Å². The Morgan fingerprint density at radius 2 is 2.25 bits per heavy atom. The van der Waals surface area contributed by atoms with Gasteiger partial charge in [-0.25, -0.2) is 17.5 Å². The maximum absolute atomic E-state index is 13.7.